The molecule has 0 radical (unpaired) electrons. The van der Waals surface area contributed by atoms with Crippen LogP contribution in [0.3, 0.4) is 0 Å². The van der Waals surface area contributed by atoms with Crippen molar-refractivity contribution in [2.75, 3.05) is 19.7 Å². The number of hydrogen-bond acceptors (Lipinski definition) is 6. The Hall–Kier alpha value is -3.56. The number of likely N-dealkylation sites (tertiary alicyclic amines) is 1. The summed E-state index contributed by atoms with van der Waals surface area (Å²) < 4.78 is 11.4. The number of nitrogens with zero attached hydrogens (tertiary/aromatic N) is 2. The first-order valence-electron chi connectivity index (χ1n) is 12.5. The van der Waals surface area contributed by atoms with Crippen molar-refractivity contribution in [3.63, 3.8) is 0 Å². The second-order valence-corrected chi connectivity index (χ2v) is 10.1. The minimum atomic E-state index is -1.15. The van der Waals surface area contributed by atoms with Gasteiger partial charge in [-0.05, 0) is 25.0 Å². The predicted molar refractivity (Wildman–Crippen MR) is 139 cm³/mol. The highest BCUT2D eigenvalue weighted by molar-refractivity contribution is 5.99. The molecule has 0 saturated carbocycles. The zero-order valence-corrected chi connectivity index (χ0v) is 21.3. The minimum Gasteiger partial charge on any atom is -0.443 e. The molecule has 0 bridgehead atoms. The first kappa shape index (κ1) is 26.5. The monoisotopic (exact) mass is 506 g/mol. The van der Waals surface area contributed by atoms with Crippen molar-refractivity contribution < 1.29 is 23.9 Å². The van der Waals surface area contributed by atoms with Gasteiger partial charge in [0.05, 0.1) is 24.7 Å². The Morgan fingerprint density at radius 3 is 2.43 bits per heavy atom. The van der Waals surface area contributed by atoms with Crippen molar-refractivity contribution in [1.82, 2.24) is 10.2 Å². The third kappa shape index (κ3) is 7.02. The third-order valence-electron chi connectivity index (χ3n) is 6.59. The normalized spacial score (nSPS) is 20.4. The number of amides is 3. The largest absolute Gasteiger partial charge is 0.443 e. The highest BCUT2D eigenvalue weighted by atomic mass is 16.6. The first-order chi connectivity index (χ1) is 17.7. The van der Waals surface area contributed by atoms with E-state index >= 15 is 0 Å². The maximum absolute atomic E-state index is 13.6. The summed E-state index contributed by atoms with van der Waals surface area (Å²) in [6.45, 7) is 4.20. The highest BCUT2D eigenvalue weighted by Gasteiger charge is 2.41. The van der Waals surface area contributed by atoms with Crippen LogP contribution in [0.5, 0.6) is 0 Å². The van der Waals surface area contributed by atoms with Crippen LogP contribution < -0.4 is 11.1 Å². The number of ether oxygens (including phenoxy) is 2. The van der Waals surface area contributed by atoms with Gasteiger partial charge in [0, 0.05) is 31.6 Å². The van der Waals surface area contributed by atoms with Crippen molar-refractivity contribution in [1.29, 1.82) is 0 Å². The molecule has 2 aliphatic heterocycles. The summed E-state index contributed by atoms with van der Waals surface area (Å²) in [4.78, 5) is 44.3. The fourth-order valence-corrected chi connectivity index (χ4v) is 4.53. The molecule has 1 fully saturated rings. The lowest BCUT2D eigenvalue weighted by Gasteiger charge is -2.40. The fourth-order valence-electron chi connectivity index (χ4n) is 4.53. The van der Waals surface area contributed by atoms with Crippen LogP contribution in [0.1, 0.15) is 31.4 Å². The van der Waals surface area contributed by atoms with E-state index in [1.807, 2.05) is 60.7 Å². The van der Waals surface area contributed by atoms with Crippen LogP contribution in [0.4, 0.5) is 4.79 Å². The molecule has 3 N–H and O–H groups in total. The van der Waals surface area contributed by atoms with Crippen molar-refractivity contribution in [2.45, 2.75) is 51.0 Å². The fraction of sp³-hybridized carbons (Fsp3) is 0.429. The summed E-state index contributed by atoms with van der Waals surface area (Å²) in [6, 6.07) is 18.5. The van der Waals surface area contributed by atoms with Crippen molar-refractivity contribution in [3.8, 4) is 0 Å². The van der Waals surface area contributed by atoms with E-state index in [9.17, 15) is 14.4 Å². The topological polar surface area (TPSA) is 123 Å². The Kier molecular flexibility index (Phi) is 8.35. The number of nitrogens with one attached hydrogen (secondary N) is 1. The molecule has 1 saturated heterocycles. The molecule has 0 aromatic heterocycles. The van der Waals surface area contributed by atoms with Gasteiger partial charge < -0.3 is 25.4 Å². The van der Waals surface area contributed by atoms with Crippen LogP contribution in [-0.4, -0.2) is 65.9 Å². The Morgan fingerprint density at radius 2 is 1.78 bits per heavy atom. The maximum Gasteiger partial charge on any atom is 0.433 e. The van der Waals surface area contributed by atoms with Crippen LogP contribution in [0.15, 0.2) is 65.7 Å². The summed E-state index contributed by atoms with van der Waals surface area (Å²) in [7, 11) is 0. The predicted octanol–water partition coefficient (Wildman–Crippen LogP) is 2.48. The molecule has 3 amide bonds. The Labute approximate surface area is 217 Å². The third-order valence-corrected chi connectivity index (χ3v) is 6.59. The molecule has 4 rings (SSSR count). The second kappa shape index (κ2) is 11.7. The molecule has 9 nitrogen and oxygen atoms in total. The van der Waals surface area contributed by atoms with E-state index in [1.165, 1.54) is 0 Å². The van der Waals surface area contributed by atoms with Crippen LogP contribution in [-0.2, 0) is 32.1 Å². The van der Waals surface area contributed by atoms with Gasteiger partial charge in [-0.3, -0.25) is 9.59 Å². The molecule has 0 aliphatic carbocycles. The number of hydrogen-bond donors (Lipinski definition) is 2. The van der Waals surface area contributed by atoms with Crippen molar-refractivity contribution in [2.24, 2.45) is 16.6 Å². The molecular formula is C28H34N4O5. The zero-order chi connectivity index (χ0) is 26.4. The summed E-state index contributed by atoms with van der Waals surface area (Å²) >= 11 is 0. The molecule has 2 aromatic rings. The average Bonchev–Trinajstić information content (AvgIpc) is 2.88. The quantitative estimate of drug-likeness (QED) is 0.539. The molecular weight excluding hydrogens is 472 g/mol. The van der Waals surface area contributed by atoms with Gasteiger partial charge in [0.15, 0.2) is 0 Å². The van der Waals surface area contributed by atoms with Gasteiger partial charge >= 0.3 is 6.09 Å². The maximum atomic E-state index is 13.6. The average molecular weight is 507 g/mol. The van der Waals surface area contributed by atoms with Gasteiger partial charge in [-0.25, -0.2) is 4.79 Å². The summed E-state index contributed by atoms with van der Waals surface area (Å²) in [5.74, 6) is -0.926. The number of fused-ring (bicyclic) bond motifs is 1. The van der Waals surface area contributed by atoms with Crippen LogP contribution >= 0.6 is 0 Å². The first-order valence-corrected chi connectivity index (χ1v) is 12.5. The Balaban J connectivity index is 1.47. The van der Waals surface area contributed by atoms with E-state index < -0.39 is 29.7 Å². The number of piperidine rings is 1. The molecule has 9 heteroatoms. The van der Waals surface area contributed by atoms with Crippen LogP contribution in [0.2, 0.25) is 0 Å². The Bertz CT molecular complexity index is 1130. The van der Waals surface area contributed by atoms with E-state index in [2.05, 4.69) is 10.3 Å². The van der Waals surface area contributed by atoms with Crippen LogP contribution in [0, 0.1) is 5.92 Å². The lowest BCUT2D eigenvalue weighted by molar-refractivity contribution is -0.140. The lowest BCUT2D eigenvalue weighted by atomic mass is 9.86. The highest BCUT2D eigenvalue weighted by Crippen LogP contribution is 2.27. The van der Waals surface area contributed by atoms with Crippen LogP contribution in [0.25, 0.3) is 0 Å². The zero-order valence-electron chi connectivity index (χ0n) is 21.3. The van der Waals surface area contributed by atoms with Gasteiger partial charge in [0.2, 0.25) is 11.8 Å². The number of carbonyl (C=O) groups is 3. The van der Waals surface area contributed by atoms with Gasteiger partial charge in [-0.15, -0.1) is 0 Å². The van der Waals surface area contributed by atoms with Gasteiger partial charge in [0.25, 0.3) is 0 Å². The molecule has 3 atom stereocenters. The number of cyclic esters (lactones) is 1. The smallest absolute Gasteiger partial charge is 0.433 e. The number of aliphatic imine (C=N–C) groups is 1. The summed E-state index contributed by atoms with van der Waals surface area (Å²) in [5.41, 5.74) is 7.58. The second-order valence-electron chi connectivity index (χ2n) is 10.1. The molecule has 37 heavy (non-hydrogen) atoms. The number of nitrogens with two attached hydrogens (primary N) is 1. The standard InChI is InChI=1S/C28H34N4O5/c1-28(2,29)26(34)30-23(18-36-17-20-11-7-4-8-12-20)25(33)32-14-13-22-21(16-32)24(37-27(35)31-22)15-19-9-5-3-6-10-19/h3-12,21,23-24H,13-18,29H2,1-2H3,(H,30,34). The molecule has 3 unspecified atom stereocenters. The Morgan fingerprint density at radius 1 is 1.14 bits per heavy atom. The molecule has 2 aliphatic rings. The van der Waals surface area contributed by atoms with E-state index in [0.717, 1.165) is 16.8 Å². The molecule has 2 heterocycles. The van der Waals surface area contributed by atoms with E-state index in [1.54, 1.807) is 18.7 Å². The summed E-state index contributed by atoms with van der Waals surface area (Å²) in [5, 5.41) is 2.77. The summed E-state index contributed by atoms with van der Waals surface area (Å²) in [6.07, 6.45) is -0.0231. The minimum absolute atomic E-state index is 0.0000898. The van der Waals surface area contributed by atoms with E-state index in [0.29, 0.717) is 32.5 Å². The lowest BCUT2D eigenvalue weighted by Crippen LogP contribution is -2.60. The SMILES string of the molecule is CC(C)(N)C(=O)NC(COCc1ccccc1)C(=O)N1CCC2=NC(=O)OC(Cc3ccccc3)C2C1. The van der Waals surface area contributed by atoms with E-state index in [4.69, 9.17) is 15.2 Å². The van der Waals surface area contributed by atoms with E-state index in [-0.39, 0.29) is 18.4 Å². The molecule has 0 spiro atoms. The van der Waals surface area contributed by atoms with Gasteiger partial charge in [-0.2, -0.15) is 4.99 Å². The number of carbonyl (C=O) groups excluding carboxylic acids is 3. The molecule has 2 aromatic carbocycles. The number of rotatable bonds is 9. The number of benzene rings is 2. The van der Waals surface area contributed by atoms with Crippen molar-refractivity contribution >= 4 is 23.6 Å². The van der Waals surface area contributed by atoms with Gasteiger partial charge in [-0.1, -0.05) is 60.7 Å². The molecule has 196 valence electrons. The van der Waals surface area contributed by atoms with Crippen molar-refractivity contribution in [3.05, 3.63) is 71.8 Å². The van der Waals surface area contributed by atoms with Gasteiger partial charge in [0.1, 0.15) is 12.1 Å².